The van der Waals surface area contributed by atoms with E-state index in [1.165, 1.54) is 6.42 Å². The minimum Gasteiger partial charge on any atom is -0.382 e. The minimum atomic E-state index is -0.198. The summed E-state index contributed by atoms with van der Waals surface area (Å²) in [6.45, 7) is 1.78. The van der Waals surface area contributed by atoms with Crippen molar-refractivity contribution in [2.45, 2.75) is 18.9 Å². The van der Waals surface area contributed by atoms with Gasteiger partial charge in [0.1, 0.15) is 11.4 Å². The maximum absolute atomic E-state index is 13.0. The second-order valence-electron chi connectivity index (χ2n) is 7.17. The number of para-hydroxylation sites is 2. The summed E-state index contributed by atoms with van der Waals surface area (Å²) < 4.78 is 0. The van der Waals surface area contributed by atoms with E-state index in [-0.39, 0.29) is 5.56 Å². The Morgan fingerprint density at radius 3 is 2.86 bits per heavy atom. The molecular weight excluding hydrogens is 374 g/mol. The summed E-state index contributed by atoms with van der Waals surface area (Å²) >= 11 is 6.14. The van der Waals surface area contributed by atoms with E-state index in [1.54, 1.807) is 6.07 Å². The lowest BCUT2D eigenvalue weighted by molar-refractivity contribution is 0.634. The van der Waals surface area contributed by atoms with Crippen molar-refractivity contribution in [2.75, 3.05) is 18.4 Å². The molecule has 3 heterocycles. The highest BCUT2D eigenvalue weighted by atomic mass is 35.5. The molecule has 0 aliphatic carbocycles. The molecular formula is C21H20ClN5O. The Bertz CT molecular complexity index is 1190. The number of hydrogen-bond acceptors (Lipinski definition) is 4. The Kier molecular flexibility index (Phi) is 4.30. The summed E-state index contributed by atoms with van der Waals surface area (Å²) in [7, 11) is 0. The van der Waals surface area contributed by atoms with Gasteiger partial charge in [-0.2, -0.15) is 0 Å². The number of H-pyrrole nitrogens is 2. The predicted molar refractivity (Wildman–Crippen MR) is 114 cm³/mol. The molecule has 2 aromatic heterocycles. The van der Waals surface area contributed by atoms with Crippen LogP contribution in [0.3, 0.4) is 0 Å². The highest BCUT2D eigenvalue weighted by Gasteiger charge is 2.20. The zero-order chi connectivity index (χ0) is 19.1. The lowest BCUT2D eigenvalue weighted by atomic mass is 10.1. The van der Waals surface area contributed by atoms with Crippen molar-refractivity contribution in [3.05, 3.63) is 57.8 Å². The van der Waals surface area contributed by atoms with Gasteiger partial charge < -0.3 is 20.6 Å². The highest BCUT2D eigenvalue weighted by molar-refractivity contribution is 6.31. The van der Waals surface area contributed by atoms with Crippen LogP contribution < -0.4 is 16.2 Å². The molecule has 1 aliphatic rings. The molecule has 1 aliphatic heterocycles. The first kappa shape index (κ1) is 17.3. The van der Waals surface area contributed by atoms with E-state index in [4.69, 9.17) is 11.6 Å². The summed E-state index contributed by atoms with van der Waals surface area (Å²) in [4.78, 5) is 23.9. The smallest absolute Gasteiger partial charge is 0.261 e. The molecule has 2 aromatic carbocycles. The second-order valence-corrected chi connectivity index (χ2v) is 7.61. The Morgan fingerprint density at radius 1 is 1.14 bits per heavy atom. The third kappa shape index (κ3) is 3.04. The zero-order valence-corrected chi connectivity index (χ0v) is 15.9. The summed E-state index contributed by atoms with van der Waals surface area (Å²) in [6.07, 6.45) is 2.30. The molecule has 1 saturated heterocycles. The van der Waals surface area contributed by atoms with Crippen LogP contribution in [-0.4, -0.2) is 34.1 Å². The van der Waals surface area contributed by atoms with Gasteiger partial charge in [0.2, 0.25) is 0 Å². The van der Waals surface area contributed by atoms with Gasteiger partial charge in [-0.3, -0.25) is 4.79 Å². The van der Waals surface area contributed by atoms with Crippen LogP contribution in [-0.2, 0) is 0 Å². The van der Waals surface area contributed by atoms with Crippen LogP contribution in [0.2, 0.25) is 5.02 Å². The van der Waals surface area contributed by atoms with Crippen LogP contribution in [0.15, 0.2) is 47.3 Å². The topological polar surface area (TPSA) is 85.6 Å². The molecule has 0 spiro atoms. The van der Waals surface area contributed by atoms with Crippen LogP contribution in [0.5, 0.6) is 0 Å². The number of aromatic amines is 2. The normalized spacial score (nSPS) is 16.8. The first-order valence-electron chi connectivity index (χ1n) is 9.47. The number of fused-ring (bicyclic) bond motifs is 2. The standard InChI is InChI=1S/C21H20ClN5O/c22-12-7-8-14-17(10-12)27-21(28)18(19(14)24-11-13-4-3-9-23-13)20-25-15-5-1-2-6-16(15)26-20/h1-2,5-8,10,13,23H,3-4,9,11H2,(H,25,26)(H2,24,27,28)/t13-/m1/s1. The average molecular weight is 394 g/mol. The Hall–Kier alpha value is -2.83. The molecule has 0 radical (unpaired) electrons. The lowest BCUT2D eigenvalue weighted by Gasteiger charge is -2.17. The molecule has 4 aromatic rings. The quantitative estimate of drug-likeness (QED) is 0.423. The van der Waals surface area contributed by atoms with E-state index >= 15 is 0 Å². The molecule has 1 fully saturated rings. The third-order valence-corrected chi connectivity index (χ3v) is 5.53. The van der Waals surface area contributed by atoms with Gasteiger partial charge in [-0.25, -0.2) is 4.98 Å². The molecule has 7 heteroatoms. The predicted octanol–water partition coefficient (Wildman–Crippen LogP) is 3.89. The molecule has 28 heavy (non-hydrogen) atoms. The van der Waals surface area contributed by atoms with E-state index in [0.29, 0.717) is 28.0 Å². The number of imidazole rings is 1. The monoisotopic (exact) mass is 393 g/mol. The van der Waals surface area contributed by atoms with E-state index in [1.807, 2.05) is 36.4 Å². The number of rotatable bonds is 4. The first-order chi connectivity index (χ1) is 13.7. The minimum absolute atomic E-state index is 0.198. The van der Waals surface area contributed by atoms with Gasteiger partial charge in [0.25, 0.3) is 5.56 Å². The van der Waals surface area contributed by atoms with Crippen LogP contribution in [0, 0.1) is 0 Å². The zero-order valence-electron chi connectivity index (χ0n) is 15.2. The first-order valence-corrected chi connectivity index (χ1v) is 9.85. The van der Waals surface area contributed by atoms with E-state index in [2.05, 4.69) is 25.6 Å². The summed E-state index contributed by atoms with van der Waals surface area (Å²) in [5.74, 6) is 0.557. The SMILES string of the molecule is O=c1[nH]c2cc(Cl)ccc2c(NC[C@H]2CCCN2)c1-c1nc2ccccc2[nH]1. The Balaban J connectivity index is 1.69. The van der Waals surface area contributed by atoms with Gasteiger partial charge in [-0.05, 0) is 49.7 Å². The largest absolute Gasteiger partial charge is 0.382 e. The molecule has 1 atom stereocenters. The number of halogens is 1. The van der Waals surface area contributed by atoms with Crippen LogP contribution in [0.4, 0.5) is 5.69 Å². The van der Waals surface area contributed by atoms with Crippen LogP contribution >= 0.6 is 11.6 Å². The lowest BCUT2D eigenvalue weighted by Crippen LogP contribution is -2.30. The van der Waals surface area contributed by atoms with E-state index in [9.17, 15) is 4.79 Å². The molecule has 0 bridgehead atoms. The van der Waals surface area contributed by atoms with Crippen molar-refractivity contribution < 1.29 is 0 Å². The second kappa shape index (κ2) is 6.96. The van der Waals surface area contributed by atoms with Gasteiger partial charge in [-0.15, -0.1) is 0 Å². The number of anilines is 1. The number of aromatic nitrogens is 3. The number of nitrogens with zero attached hydrogens (tertiary/aromatic N) is 1. The third-order valence-electron chi connectivity index (χ3n) is 5.29. The van der Waals surface area contributed by atoms with Crippen LogP contribution in [0.25, 0.3) is 33.3 Å². The van der Waals surface area contributed by atoms with Crippen molar-refractivity contribution in [1.29, 1.82) is 0 Å². The van der Waals surface area contributed by atoms with Crippen molar-refractivity contribution in [2.24, 2.45) is 0 Å². The van der Waals surface area contributed by atoms with E-state index in [0.717, 1.165) is 41.6 Å². The van der Waals surface area contributed by atoms with Crippen molar-refractivity contribution in [3.8, 4) is 11.4 Å². The summed E-state index contributed by atoms with van der Waals surface area (Å²) in [6, 6.07) is 13.7. The molecule has 142 valence electrons. The molecule has 6 nitrogen and oxygen atoms in total. The Labute approximate surface area is 166 Å². The summed E-state index contributed by atoms with van der Waals surface area (Å²) in [5.41, 5.74) is 3.54. The van der Waals surface area contributed by atoms with Gasteiger partial charge in [0.15, 0.2) is 0 Å². The molecule has 5 rings (SSSR count). The Morgan fingerprint density at radius 2 is 2.04 bits per heavy atom. The fourth-order valence-corrected chi connectivity index (χ4v) is 4.08. The number of nitrogens with one attached hydrogen (secondary N) is 4. The fourth-order valence-electron chi connectivity index (χ4n) is 3.91. The highest BCUT2D eigenvalue weighted by Crippen LogP contribution is 2.32. The number of benzene rings is 2. The van der Waals surface area contributed by atoms with Gasteiger partial charge in [-0.1, -0.05) is 23.7 Å². The maximum atomic E-state index is 13.0. The van der Waals surface area contributed by atoms with Crippen molar-refractivity contribution >= 4 is 39.2 Å². The molecule has 0 unspecified atom stereocenters. The molecule has 0 amide bonds. The molecule has 0 saturated carbocycles. The van der Waals surface area contributed by atoms with Crippen molar-refractivity contribution in [1.82, 2.24) is 20.3 Å². The number of pyridine rings is 1. The summed E-state index contributed by atoms with van der Waals surface area (Å²) in [5, 5.41) is 8.50. The van der Waals surface area contributed by atoms with Crippen molar-refractivity contribution in [3.63, 3.8) is 0 Å². The maximum Gasteiger partial charge on any atom is 0.261 e. The van der Waals surface area contributed by atoms with Gasteiger partial charge in [0, 0.05) is 23.0 Å². The van der Waals surface area contributed by atoms with Crippen LogP contribution in [0.1, 0.15) is 12.8 Å². The fraction of sp³-hybridized carbons (Fsp3) is 0.238. The number of hydrogen-bond donors (Lipinski definition) is 4. The van der Waals surface area contributed by atoms with Gasteiger partial charge >= 0.3 is 0 Å². The average Bonchev–Trinajstić information content (AvgIpc) is 3.34. The molecule has 4 N–H and O–H groups in total. The van der Waals surface area contributed by atoms with E-state index < -0.39 is 0 Å². The van der Waals surface area contributed by atoms with Gasteiger partial charge in [0.05, 0.1) is 22.2 Å².